The fourth-order valence-corrected chi connectivity index (χ4v) is 1.20. The molecule has 0 saturated heterocycles. The van der Waals surface area contributed by atoms with Crippen molar-refractivity contribution >= 4 is 5.82 Å². The van der Waals surface area contributed by atoms with Gasteiger partial charge in [-0.15, -0.1) is 0 Å². The maximum absolute atomic E-state index is 10.5. The van der Waals surface area contributed by atoms with E-state index in [4.69, 9.17) is 5.73 Å². The number of hydrogen-bond donors (Lipinski definition) is 1. The minimum absolute atomic E-state index is 0.0160. The Kier molecular flexibility index (Phi) is 2.97. The number of rotatable bonds is 4. The van der Waals surface area contributed by atoms with Gasteiger partial charge in [0.1, 0.15) is 12.7 Å². The summed E-state index contributed by atoms with van der Waals surface area (Å²) >= 11 is 0. The van der Waals surface area contributed by atoms with Crippen molar-refractivity contribution in [2.24, 2.45) is 5.73 Å². The number of nitrogens with two attached hydrogens (primary N) is 1. The predicted octanol–water partition coefficient (Wildman–Crippen LogP) is 0.312. The molecule has 6 nitrogen and oxygen atoms in total. The summed E-state index contributed by atoms with van der Waals surface area (Å²) in [5, 5.41) is 10.5. The van der Waals surface area contributed by atoms with Gasteiger partial charge in [0.15, 0.2) is 5.82 Å². The summed E-state index contributed by atoms with van der Waals surface area (Å²) in [6, 6.07) is 0. The fraction of sp³-hybridized carbons (Fsp3) is 0.571. The SMILES string of the molecule is CCc1ncc([N+](=O)[O-])n1CCN. The summed E-state index contributed by atoms with van der Waals surface area (Å²) in [6.07, 6.45) is 1.95. The zero-order chi connectivity index (χ0) is 9.84. The zero-order valence-corrected chi connectivity index (χ0v) is 7.43. The lowest BCUT2D eigenvalue weighted by Gasteiger charge is -2.00. The molecule has 0 aliphatic rings. The van der Waals surface area contributed by atoms with Crippen molar-refractivity contribution in [3.05, 3.63) is 22.1 Å². The van der Waals surface area contributed by atoms with Crippen LogP contribution in [0.3, 0.4) is 0 Å². The normalized spacial score (nSPS) is 10.3. The van der Waals surface area contributed by atoms with Crippen LogP contribution in [0.15, 0.2) is 6.20 Å². The first kappa shape index (κ1) is 9.66. The van der Waals surface area contributed by atoms with Crippen LogP contribution in [0.2, 0.25) is 0 Å². The van der Waals surface area contributed by atoms with Gasteiger partial charge in [0.05, 0.1) is 0 Å². The van der Waals surface area contributed by atoms with Crippen molar-refractivity contribution in [3.63, 3.8) is 0 Å². The van der Waals surface area contributed by atoms with Crippen molar-refractivity contribution in [2.75, 3.05) is 6.54 Å². The molecule has 0 saturated carbocycles. The molecule has 0 aliphatic carbocycles. The lowest BCUT2D eigenvalue weighted by atomic mass is 10.4. The van der Waals surface area contributed by atoms with E-state index in [1.165, 1.54) is 6.20 Å². The van der Waals surface area contributed by atoms with Crippen LogP contribution >= 0.6 is 0 Å². The van der Waals surface area contributed by atoms with E-state index >= 15 is 0 Å². The first-order valence-corrected chi connectivity index (χ1v) is 4.09. The predicted molar refractivity (Wildman–Crippen MR) is 47.3 cm³/mol. The Labute approximate surface area is 75.5 Å². The fourth-order valence-electron chi connectivity index (χ4n) is 1.20. The molecule has 13 heavy (non-hydrogen) atoms. The Balaban J connectivity index is 3.06. The molecule has 1 rings (SSSR count). The van der Waals surface area contributed by atoms with Gasteiger partial charge in [-0.25, -0.2) is 9.55 Å². The minimum atomic E-state index is -0.443. The summed E-state index contributed by atoms with van der Waals surface area (Å²) in [4.78, 5) is 14.0. The second-order valence-electron chi connectivity index (χ2n) is 2.58. The molecule has 0 atom stereocenters. The summed E-state index contributed by atoms with van der Waals surface area (Å²) < 4.78 is 1.54. The van der Waals surface area contributed by atoms with E-state index < -0.39 is 4.92 Å². The molecular formula is C7H12N4O2. The molecule has 0 unspecified atom stereocenters. The van der Waals surface area contributed by atoms with Gasteiger partial charge in [-0.2, -0.15) is 0 Å². The molecule has 0 fully saturated rings. The van der Waals surface area contributed by atoms with Gasteiger partial charge in [0.25, 0.3) is 0 Å². The van der Waals surface area contributed by atoms with Crippen molar-refractivity contribution in [3.8, 4) is 0 Å². The second-order valence-corrected chi connectivity index (χ2v) is 2.58. The quantitative estimate of drug-likeness (QED) is 0.539. The molecule has 0 bridgehead atoms. The van der Waals surface area contributed by atoms with E-state index in [1.807, 2.05) is 6.92 Å². The van der Waals surface area contributed by atoms with Crippen molar-refractivity contribution < 1.29 is 4.92 Å². The summed E-state index contributed by atoms with van der Waals surface area (Å²) in [5.41, 5.74) is 5.34. The highest BCUT2D eigenvalue weighted by atomic mass is 16.6. The van der Waals surface area contributed by atoms with Crippen LogP contribution in [0, 0.1) is 10.1 Å². The van der Waals surface area contributed by atoms with Gasteiger partial charge in [-0.1, -0.05) is 6.92 Å². The van der Waals surface area contributed by atoms with Gasteiger partial charge in [-0.05, 0) is 4.92 Å². The third-order valence-electron chi connectivity index (χ3n) is 1.77. The number of imidazole rings is 1. The van der Waals surface area contributed by atoms with Gasteiger partial charge in [-0.3, -0.25) is 0 Å². The van der Waals surface area contributed by atoms with Crippen molar-refractivity contribution in [1.29, 1.82) is 0 Å². The van der Waals surface area contributed by atoms with Crippen LogP contribution < -0.4 is 5.73 Å². The Morgan fingerprint density at radius 1 is 1.77 bits per heavy atom. The molecular weight excluding hydrogens is 172 g/mol. The molecule has 0 radical (unpaired) electrons. The average molecular weight is 184 g/mol. The number of aromatic nitrogens is 2. The van der Waals surface area contributed by atoms with Crippen LogP contribution in [0.25, 0.3) is 0 Å². The van der Waals surface area contributed by atoms with E-state index in [1.54, 1.807) is 4.57 Å². The number of nitro groups is 1. The highest BCUT2D eigenvalue weighted by molar-refractivity contribution is 5.19. The average Bonchev–Trinajstić information content (AvgIpc) is 2.48. The highest BCUT2D eigenvalue weighted by Crippen LogP contribution is 2.13. The molecule has 0 spiro atoms. The lowest BCUT2D eigenvalue weighted by molar-refractivity contribution is -0.392. The maximum Gasteiger partial charge on any atom is 0.342 e. The maximum atomic E-state index is 10.5. The monoisotopic (exact) mass is 184 g/mol. The third-order valence-corrected chi connectivity index (χ3v) is 1.77. The van der Waals surface area contributed by atoms with Crippen LogP contribution in [-0.4, -0.2) is 21.0 Å². The largest absolute Gasteiger partial charge is 0.358 e. The summed E-state index contributed by atoms with van der Waals surface area (Å²) in [6.45, 7) is 2.72. The second kappa shape index (κ2) is 3.99. The molecule has 72 valence electrons. The summed E-state index contributed by atoms with van der Waals surface area (Å²) in [7, 11) is 0. The van der Waals surface area contributed by atoms with E-state index in [9.17, 15) is 10.1 Å². The summed E-state index contributed by atoms with van der Waals surface area (Å²) in [5.74, 6) is 0.722. The van der Waals surface area contributed by atoms with Crippen LogP contribution in [0.5, 0.6) is 0 Å². The van der Waals surface area contributed by atoms with Gasteiger partial charge < -0.3 is 15.8 Å². The topological polar surface area (TPSA) is 87.0 Å². The molecule has 0 aromatic carbocycles. The molecule has 2 N–H and O–H groups in total. The Morgan fingerprint density at radius 2 is 2.46 bits per heavy atom. The van der Waals surface area contributed by atoms with Gasteiger partial charge in [0.2, 0.25) is 0 Å². The molecule has 6 heteroatoms. The number of nitrogens with zero attached hydrogens (tertiary/aromatic N) is 3. The molecule has 1 heterocycles. The minimum Gasteiger partial charge on any atom is -0.358 e. The first-order valence-electron chi connectivity index (χ1n) is 4.09. The van der Waals surface area contributed by atoms with E-state index in [0.29, 0.717) is 25.3 Å². The molecule has 0 aliphatic heterocycles. The molecule has 0 amide bonds. The standard InChI is InChI=1S/C7H12N4O2/c1-2-6-9-5-7(11(12)13)10(6)4-3-8/h5H,2-4,8H2,1H3. The van der Waals surface area contributed by atoms with Crippen LogP contribution in [0.1, 0.15) is 12.7 Å². The number of hydrogen-bond acceptors (Lipinski definition) is 4. The Bertz CT molecular complexity index is 307. The smallest absolute Gasteiger partial charge is 0.342 e. The molecule has 1 aromatic heterocycles. The highest BCUT2D eigenvalue weighted by Gasteiger charge is 2.17. The number of aryl methyl sites for hydroxylation is 1. The Hall–Kier alpha value is -1.43. The van der Waals surface area contributed by atoms with Gasteiger partial charge in [0, 0.05) is 13.0 Å². The van der Waals surface area contributed by atoms with E-state index in [2.05, 4.69) is 4.98 Å². The van der Waals surface area contributed by atoms with Gasteiger partial charge >= 0.3 is 5.82 Å². The van der Waals surface area contributed by atoms with Crippen molar-refractivity contribution in [2.45, 2.75) is 19.9 Å². The van der Waals surface area contributed by atoms with Crippen LogP contribution in [-0.2, 0) is 13.0 Å². The Morgan fingerprint density at radius 3 is 2.92 bits per heavy atom. The first-order chi connectivity index (χ1) is 6.20. The lowest BCUT2D eigenvalue weighted by Crippen LogP contribution is -2.14. The third kappa shape index (κ3) is 1.83. The van der Waals surface area contributed by atoms with Crippen molar-refractivity contribution in [1.82, 2.24) is 9.55 Å². The van der Waals surface area contributed by atoms with E-state index in [0.717, 1.165) is 0 Å². The van der Waals surface area contributed by atoms with Crippen LogP contribution in [0.4, 0.5) is 5.82 Å². The molecule has 1 aromatic rings. The zero-order valence-electron chi connectivity index (χ0n) is 7.43. The van der Waals surface area contributed by atoms with E-state index in [-0.39, 0.29) is 5.82 Å².